The maximum Gasteiger partial charge on any atom is 0.261 e. The van der Waals surface area contributed by atoms with E-state index in [1.54, 1.807) is 37.0 Å². The second kappa shape index (κ2) is 8.86. The Hall–Kier alpha value is -2.32. The summed E-state index contributed by atoms with van der Waals surface area (Å²) in [7, 11) is 4.86. The van der Waals surface area contributed by atoms with Crippen LogP contribution in [0.15, 0.2) is 18.2 Å². The fraction of sp³-hybridized carbons (Fsp3) is 0.471. The Labute approximate surface area is 158 Å². The highest BCUT2D eigenvalue weighted by Crippen LogP contribution is 2.26. The first kappa shape index (κ1) is 20.0. The highest BCUT2D eigenvalue weighted by Gasteiger charge is 2.22. The first-order valence-corrected chi connectivity index (χ1v) is 8.27. The Morgan fingerprint density at radius 2 is 2.00 bits per heavy atom. The quantitative estimate of drug-likeness (QED) is 0.823. The van der Waals surface area contributed by atoms with Crippen LogP contribution in [0.25, 0.3) is 0 Å². The van der Waals surface area contributed by atoms with Crippen molar-refractivity contribution in [2.24, 2.45) is 7.05 Å². The van der Waals surface area contributed by atoms with Crippen molar-refractivity contribution in [3.63, 3.8) is 0 Å². The second-order valence-corrected chi connectivity index (χ2v) is 5.96. The highest BCUT2D eigenvalue weighted by atomic mass is 35.5. The number of nitrogens with one attached hydrogen (secondary N) is 2. The second-order valence-electron chi connectivity index (χ2n) is 5.96. The summed E-state index contributed by atoms with van der Waals surface area (Å²) >= 11 is 0. The number of rotatable bonds is 5. The predicted molar refractivity (Wildman–Crippen MR) is 101 cm³/mol. The van der Waals surface area contributed by atoms with Crippen LogP contribution in [-0.4, -0.2) is 48.0 Å². The molecule has 0 atom stereocenters. The summed E-state index contributed by atoms with van der Waals surface area (Å²) in [5.74, 6) is 2.30. The number of benzene rings is 1. The third-order valence-electron chi connectivity index (χ3n) is 4.36. The summed E-state index contributed by atoms with van der Waals surface area (Å²) in [5.41, 5.74) is 0.412. The summed E-state index contributed by atoms with van der Waals surface area (Å²) in [6.45, 7) is 1.93. The fourth-order valence-electron chi connectivity index (χ4n) is 2.92. The predicted octanol–water partition coefficient (Wildman–Crippen LogP) is 1.97. The Balaban J connectivity index is 0.00000243. The van der Waals surface area contributed by atoms with Crippen LogP contribution in [0.1, 0.15) is 34.9 Å². The molecule has 1 fully saturated rings. The number of ether oxygens (including phenoxy) is 2. The smallest absolute Gasteiger partial charge is 0.261 e. The van der Waals surface area contributed by atoms with Gasteiger partial charge in [0.05, 0.1) is 19.8 Å². The number of amides is 1. The topological polar surface area (TPSA) is 90.3 Å². The van der Waals surface area contributed by atoms with Gasteiger partial charge in [0.1, 0.15) is 11.5 Å². The number of halogens is 1. The van der Waals surface area contributed by atoms with E-state index in [-0.39, 0.29) is 18.3 Å². The molecule has 1 aromatic carbocycles. The molecule has 0 spiro atoms. The van der Waals surface area contributed by atoms with Gasteiger partial charge in [-0.05, 0) is 38.1 Å². The first-order valence-electron chi connectivity index (χ1n) is 8.27. The number of nitrogens with zero attached hydrogens (tertiary/aromatic N) is 3. The molecule has 8 nitrogen and oxygen atoms in total. The lowest BCUT2D eigenvalue weighted by Crippen LogP contribution is -2.27. The average Bonchev–Trinajstić information content (AvgIpc) is 3.02. The van der Waals surface area contributed by atoms with Gasteiger partial charge in [-0.1, -0.05) is 0 Å². The van der Waals surface area contributed by atoms with Crippen LogP contribution < -0.4 is 20.1 Å². The molecule has 0 aliphatic carbocycles. The number of hydrogen-bond acceptors (Lipinski definition) is 6. The third-order valence-corrected chi connectivity index (χ3v) is 4.36. The fourth-order valence-corrected chi connectivity index (χ4v) is 2.92. The van der Waals surface area contributed by atoms with E-state index in [1.807, 2.05) is 0 Å². The average molecular weight is 382 g/mol. The number of carbonyl (C=O) groups is 1. The number of aryl methyl sites for hydroxylation is 1. The van der Waals surface area contributed by atoms with Gasteiger partial charge in [-0.25, -0.2) is 4.68 Å². The summed E-state index contributed by atoms with van der Waals surface area (Å²) in [6, 6.07) is 5.05. The number of hydrogen-bond donors (Lipinski definition) is 2. The lowest BCUT2D eigenvalue weighted by molar-refractivity contribution is 0.102. The van der Waals surface area contributed by atoms with Crippen LogP contribution in [-0.2, 0) is 7.05 Å². The molecule has 0 unspecified atom stereocenters. The summed E-state index contributed by atoms with van der Waals surface area (Å²) < 4.78 is 12.0. The Morgan fingerprint density at radius 3 is 2.65 bits per heavy atom. The van der Waals surface area contributed by atoms with E-state index in [0.29, 0.717) is 28.9 Å². The third kappa shape index (κ3) is 4.25. The molecule has 26 heavy (non-hydrogen) atoms. The van der Waals surface area contributed by atoms with E-state index in [2.05, 4.69) is 20.7 Å². The molecule has 1 aliphatic rings. The van der Waals surface area contributed by atoms with Crippen LogP contribution >= 0.6 is 12.4 Å². The van der Waals surface area contributed by atoms with Gasteiger partial charge in [0.2, 0.25) is 5.95 Å². The van der Waals surface area contributed by atoms with Crippen molar-refractivity contribution in [1.82, 2.24) is 20.1 Å². The van der Waals surface area contributed by atoms with Crippen molar-refractivity contribution in [3.8, 4) is 11.5 Å². The highest BCUT2D eigenvalue weighted by molar-refractivity contribution is 6.05. The van der Waals surface area contributed by atoms with Gasteiger partial charge in [0.25, 0.3) is 5.91 Å². The summed E-state index contributed by atoms with van der Waals surface area (Å²) in [4.78, 5) is 17.1. The Kier molecular flexibility index (Phi) is 6.82. The molecule has 1 aromatic heterocycles. The standard InChI is InChI=1S/C17H23N5O3.ClH/c1-22-17(19-15(21-22)11-6-8-18-9-7-11)20-16(23)13-5-4-12(24-2)10-14(13)25-3;/h4-5,10-11,18H,6-9H2,1-3H3,(H,19,20,21,23);1H. The minimum Gasteiger partial charge on any atom is -0.497 e. The normalized spacial score (nSPS) is 14.4. The van der Waals surface area contributed by atoms with E-state index in [0.717, 1.165) is 31.8 Å². The molecule has 3 rings (SSSR count). The van der Waals surface area contributed by atoms with E-state index >= 15 is 0 Å². The van der Waals surface area contributed by atoms with E-state index in [1.165, 1.54) is 7.11 Å². The molecule has 142 valence electrons. The van der Waals surface area contributed by atoms with Crippen molar-refractivity contribution < 1.29 is 14.3 Å². The SMILES string of the molecule is COc1ccc(C(=O)Nc2nc(C3CCNCC3)nn2C)c(OC)c1.Cl. The minimum absolute atomic E-state index is 0. The van der Waals surface area contributed by atoms with Crippen LogP contribution in [0.5, 0.6) is 11.5 Å². The molecule has 0 bridgehead atoms. The number of piperidine rings is 1. The van der Waals surface area contributed by atoms with Gasteiger partial charge in [-0.15, -0.1) is 12.4 Å². The van der Waals surface area contributed by atoms with E-state index < -0.39 is 0 Å². The van der Waals surface area contributed by atoms with Gasteiger partial charge < -0.3 is 14.8 Å². The van der Waals surface area contributed by atoms with Crippen molar-refractivity contribution in [2.45, 2.75) is 18.8 Å². The van der Waals surface area contributed by atoms with Crippen LogP contribution in [0.4, 0.5) is 5.95 Å². The zero-order valence-corrected chi connectivity index (χ0v) is 15.9. The lowest BCUT2D eigenvalue weighted by Gasteiger charge is -2.19. The van der Waals surface area contributed by atoms with Crippen LogP contribution in [0.2, 0.25) is 0 Å². The van der Waals surface area contributed by atoms with Crippen LogP contribution in [0.3, 0.4) is 0 Å². The minimum atomic E-state index is -0.299. The molecule has 2 aromatic rings. The van der Waals surface area contributed by atoms with Gasteiger partial charge in [0.15, 0.2) is 5.82 Å². The van der Waals surface area contributed by atoms with Gasteiger partial charge >= 0.3 is 0 Å². The monoisotopic (exact) mass is 381 g/mol. The summed E-state index contributed by atoms with van der Waals surface area (Å²) in [5, 5.41) is 10.6. The Morgan fingerprint density at radius 1 is 1.27 bits per heavy atom. The van der Waals surface area contributed by atoms with Gasteiger partial charge in [-0.2, -0.15) is 10.1 Å². The largest absolute Gasteiger partial charge is 0.497 e. The number of anilines is 1. The van der Waals surface area contributed by atoms with Crippen molar-refractivity contribution >= 4 is 24.3 Å². The van der Waals surface area contributed by atoms with Crippen molar-refractivity contribution in [2.75, 3.05) is 32.6 Å². The molecule has 0 radical (unpaired) electrons. The molecular weight excluding hydrogens is 358 g/mol. The Bertz CT molecular complexity index is 759. The molecular formula is C17H24ClN5O3. The number of carbonyl (C=O) groups excluding carboxylic acids is 1. The molecule has 9 heteroatoms. The van der Waals surface area contributed by atoms with Gasteiger partial charge in [-0.3, -0.25) is 10.1 Å². The molecule has 2 N–H and O–H groups in total. The lowest BCUT2D eigenvalue weighted by atomic mass is 9.98. The molecule has 0 saturated carbocycles. The summed E-state index contributed by atoms with van der Waals surface area (Å²) in [6.07, 6.45) is 2.01. The first-order chi connectivity index (χ1) is 12.1. The molecule has 2 heterocycles. The van der Waals surface area contributed by atoms with E-state index in [9.17, 15) is 4.79 Å². The number of aromatic nitrogens is 3. The molecule has 1 aliphatic heterocycles. The molecule has 1 saturated heterocycles. The molecule has 1 amide bonds. The zero-order valence-electron chi connectivity index (χ0n) is 15.1. The zero-order chi connectivity index (χ0) is 17.8. The van der Waals surface area contributed by atoms with Gasteiger partial charge in [0, 0.05) is 19.0 Å². The van der Waals surface area contributed by atoms with Crippen LogP contribution in [0, 0.1) is 0 Å². The maximum absolute atomic E-state index is 12.6. The maximum atomic E-state index is 12.6. The van der Waals surface area contributed by atoms with E-state index in [4.69, 9.17) is 9.47 Å². The van der Waals surface area contributed by atoms with Crippen molar-refractivity contribution in [1.29, 1.82) is 0 Å². The van der Waals surface area contributed by atoms with Crippen molar-refractivity contribution in [3.05, 3.63) is 29.6 Å². The number of methoxy groups -OCH3 is 2.